The minimum absolute atomic E-state index is 0.327. The van der Waals surface area contributed by atoms with Crippen LogP contribution in [0.5, 0.6) is 5.75 Å². The van der Waals surface area contributed by atoms with Crippen molar-refractivity contribution in [3.63, 3.8) is 0 Å². The molecule has 1 saturated heterocycles. The summed E-state index contributed by atoms with van der Waals surface area (Å²) in [5.74, 6) is 1.72. The molecule has 2 heterocycles. The highest BCUT2D eigenvalue weighted by Crippen LogP contribution is 2.35. The maximum atomic E-state index is 5.94. The van der Waals surface area contributed by atoms with Crippen LogP contribution >= 0.6 is 11.6 Å². The van der Waals surface area contributed by atoms with Gasteiger partial charge >= 0.3 is 0 Å². The summed E-state index contributed by atoms with van der Waals surface area (Å²) < 4.78 is 5.21. The molecule has 104 valence electrons. The Labute approximate surface area is 123 Å². The summed E-state index contributed by atoms with van der Waals surface area (Å²) in [7, 11) is 1.68. The first-order valence-electron chi connectivity index (χ1n) is 6.66. The average molecular weight is 290 g/mol. The van der Waals surface area contributed by atoms with E-state index in [4.69, 9.17) is 16.3 Å². The van der Waals surface area contributed by atoms with Gasteiger partial charge in [-0.2, -0.15) is 0 Å². The standard InChI is InChI=1S/C15H16ClN3O/c1-20-12-6-4-11(5-7-12)13-3-2-8-19(13)15-10-17-9-14(16)18-15/h4-7,9-10,13H,2-3,8H2,1H3. The molecule has 1 fully saturated rings. The van der Waals surface area contributed by atoms with E-state index in [0.29, 0.717) is 11.2 Å². The van der Waals surface area contributed by atoms with E-state index in [1.165, 1.54) is 5.56 Å². The second-order valence-electron chi connectivity index (χ2n) is 4.82. The van der Waals surface area contributed by atoms with Gasteiger partial charge in [-0.15, -0.1) is 0 Å². The Morgan fingerprint density at radius 2 is 2.05 bits per heavy atom. The molecule has 0 aliphatic carbocycles. The Kier molecular flexibility index (Phi) is 3.74. The van der Waals surface area contributed by atoms with E-state index in [1.807, 2.05) is 12.1 Å². The van der Waals surface area contributed by atoms with Crippen molar-refractivity contribution in [2.75, 3.05) is 18.6 Å². The summed E-state index contributed by atoms with van der Waals surface area (Å²) in [6.07, 6.45) is 5.59. The number of nitrogens with zero attached hydrogens (tertiary/aromatic N) is 3. The number of halogens is 1. The van der Waals surface area contributed by atoms with Gasteiger partial charge in [-0.3, -0.25) is 4.98 Å². The number of anilines is 1. The highest BCUT2D eigenvalue weighted by molar-refractivity contribution is 6.29. The number of hydrogen-bond donors (Lipinski definition) is 0. The summed E-state index contributed by atoms with van der Waals surface area (Å²) in [5, 5.41) is 0.433. The first-order chi connectivity index (χ1) is 9.78. The molecule has 2 aromatic rings. The quantitative estimate of drug-likeness (QED) is 0.867. The smallest absolute Gasteiger partial charge is 0.149 e. The molecule has 1 aromatic heterocycles. The minimum atomic E-state index is 0.327. The van der Waals surface area contributed by atoms with Crippen molar-refractivity contribution in [1.29, 1.82) is 0 Å². The number of benzene rings is 1. The van der Waals surface area contributed by atoms with Crippen LogP contribution in [0.3, 0.4) is 0 Å². The van der Waals surface area contributed by atoms with Gasteiger partial charge in [0.1, 0.15) is 16.7 Å². The Morgan fingerprint density at radius 3 is 2.75 bits per heavy atom. The zero-order valence-corrected chi connectivity index (χ0v) is 12.0. The van der Waals surface area contributed by atoms with E-state index in [0.717, 1.165) is 31.0 Å². The normalized spacial score (nSPS) is 18.3. The highest BCUT2D eigenvalue weighted by atomic mass is 35.5. The average Bonchev–Trinajstić information content (AvgIpc) is 2.97. The summed E-state index contributed by atoms with van der Waals surface area (Å²) in [5.41, 5.74) is 1.27. The van der Waals surface area contributed by atoms with Crippen molar-refractivity contribution in [2.45, 2.75) is 18.9 Å². The van der Waals surface area contributed by atoms with Crippen molar-refractivity contribution in [3.8, 4) is 5.75 Å². The van der Waals surface area contributed by atoms with Gasteiger partial charge < -0.3 is 9.64 Å². The monoisotopic (exact) mass is 289 g/mol. The number of methoxy groups -OCH3 is 1. The molecule has 0 bridgehead atoms. The third-order valence-corrected chi connectivity index (χ3v) is 3.82. The second kappa shape index (κ2) is 5.67. The molecular formula is C15H16ClN3O. The molecule has 0 spiro atoms. The number of hydrogen-bond acceptors (Lipinski definition) is 4. The highest BCUT2D eigenvalue weighted by Gasteiger charge is 2.27. The molecule has 0 radical (unpaired) electrons. The molecule has 4 nitrogen and oxygen atoms in total. The van der Waals surface area contributed by atoms with Gasteiger partial charge in [0.05, 0.1) is 25.5 Å². The summed E-state index contributed by atoms with van der Waals surface area (Å²) in [6.45, 7) is 0.978. The molecule has 1 aromatic carbocycles. The Morgan fingerprint density at radius 1 is 1.25 bits per heavy atom. The molecule has 1 unspecified atom stereocenters. The van der Waals surface area contributed by atoms with Gasteiger partial charge in [0.15, 0.2) is 0 Å². The summed E-state index contributed by atoms with van der Waals surface area (Å²) >= 11 is 5.94. The lowest BCUT2D eigenvalue weighted by molar-refractivity contribution is 0.414. The van der Waals surface area contributed by atoms with E-state index in [9.17, 15) is 0 Å². The lowest BCUT2D eigenvalue weighted by Crippen LogP contribution is -2.23. The topological polar surface area (TPSA) is 38.2 Å². The number of aromatic nitrogens is 2. The van der Waals surface area contributed by atoms with Crippen molar-refractivity contribution >= 4 is 17.4 Å². The molecule has 5 heteroatoms. The van der Waals surface area contributed by atoms with E-state index in [2.05, 4.69) is 27.0 Å². The fourth-order valence-corrected chi connectivity index (χ4v) is 2.83. The molecule has 3 rings (SSSR count). The molecule has 1 aliphatic rings. The van der Waals surface area contributed by atoms with Crippen LogP contribution in [0, 0.1) is 0 Å². The Bertz CT molecular complexity index is 588. The van der Waals surface area contributed by atoms with Crippen LogP contribution in [0.25, 0.3) is 0 Å². The van der Waals surface area contributed by atoms with Crippen molar-refractivity contribution in [1.82, 2.24) is 9.97 Å². The molecule has 0 amide bonds. The van der Waals surface area contributed by atoms with E-state index >= 15 is 0 Å². The second-order valence-corrected chi connectivity index (χ2v) is 5.21. The lowest BCUT2D eigenvalue weighted by Gasteiger charge is -2.26. The predicted octanol–water partition coefficient (Wildman–Crippen LogP) is 3.48. The first kappa shape index (κ1) is 13.2. The molecule has 1 aliphatic heterocycles. The maximum absolute atomic E-state index is 5.94. The van der Waals surface area contributed by atoms with Crippen LogP contribution in [-0.4, -0.2) is 23.6 Å². The molecule has 0 N–H and O–H groups in total. The van der Waals surface area contributed by atoms with Crippen LogP contribution in [0.15, 0.2) is 36.7 Å². The van der Waals surface area contributed by atoms with Gasteiger partial charge in [0.25, 0.3) is 0 Å². The largest absolute Gasteiger partial charge is 0.497 e. The van der Waals surface area contributed by atoms with E-state index in [1.54, 1.807) is 19.5 Å². The van der Waals surface area contributed by atoms with E-state index in [-0.39, 0.29) is 0 Å². The third kappa shape index (κ3) is 2.56. The van der Waals surface area contributed by atoms with Gasteiger partial charge in [-0.25, -0.2) is 4.98 Å². The predicted molar refractivity (Wildman–Crippen MR) is 79.4 cm³/mol. The van der Waals surface area contributed by atoms with Crippen LogP contribution < -0.4 is 9.64 Å². The van der Waals surface area contributed by atoms with Crippen molar-refractivity contribution in [3.05, 3.63) is 47.4 Å². The minimum Gasteiger partial charge on any atom is -0.497 e. The summed E-state index contributed by atoms with van der Waals surface area (Å²) in [4.78, 5) is 10.8. The van der Waals surface area contributed by atoms with Gasteiger partial charge in [0.2, 0.25) is 0 Å². The van der Waals surface area contributed by atoms with Crippen molar-refractivity contribution in [2.24, 2.45) is 0 Å². The molecular weight excluding hydrogens is 274 g/mol. The molecule has 0 saturated carbocycles. The molecule has 20 heavy (non-hydrogen) atoms. The molecule has 1 atom stereocenters. The summed E-state index contributed by atoms with van der Waals surface area (Å²) in [6, 6.07) is 8.54. The Balaban J connectivity index is 1.88. The SMILES string of the molecule is COc1ccc(C2CCCN2c2cncc(Cl)n2)cc1. The fraction of sp³-hybridized carbons (Fsp3) is 0.333. The van der Waals surface area contributed by atoms with Crippen LogP contribution in [0.1, 0.15) is 24.4 Å². The van der Waals surface area contributed by atoms with Gasteiger partial charge in [0, 0.05) is 6.54 Å². The number of rotatable bonds is 3. The Hall–Kier alpha value is -1.81. The zero-order valence-electron chi connectivity index (χ0n) is 11.3. The van der Waals surface area contributed by atoms with Crippen molar-refractivity contribution < 1.29 is 4.74 Å². The number of ether oxygens (including phenoxy) is 1. The van der Waals surface area contributed by atoms with E-state index < -0.39 is 0 Å². The lowest BCUT2D eigenvalue weighted by atomic mass is 10.0. The van der Waals surface area contributed by atoms with Gasteiger partial charge in [-0.1, -0.05) is 23.7 Å². The zero-order chi connectivity index (χ0) is 13.9. The fourth-order valence-electron chi connectivity index (χ4n) is 2.68. The van der Waals surface area contributed by atoms with Crippen LogP contribution in [-0.2, 0) is 0 Å². The first-order valence-corrected chi connectivity index (χ1v) is 7.04. The maximum Gasteiger partial charge on any atom is 0.149 e. The van der Waals surface area contributed by atoms with Gasteiger partial charge in [-0.05, 0) is 30.5 Å². The third-order valence-electron chi connectivity index (χ3n) is 3.64. The van der Waals surface area contributed by atoms with Crippen LogP contribution in [0.4, 0.5) is 5.82 Å². The van der Waals surface area contributed by atoms with Crippen LogP contribution in [0.2, 0.25) is 5.15 Å².